The van der Waals surface area contributed by atoms with Crippen LogP contribution in [-0.2, 0) is 27.8 Å². The lowest BCUT2D eigenvalue weighted by Crippen LogP contribution is -2.41. The number of anilines is 1. The molecular weight excluding hydrogens is 419 g/mol. The molecule has 1 saturated heterocycles. The smallest absolute Gasteiger partial charge is 0.228 e. The number of hydrogen-bond acceptors (Lipinski definition) is 5. The van der Waals surface area contributed by atoms with Gasteiger partial charge in [-0.2, -0.15) is 0 Å². The lowest BCUT2D eigenvalue weighted by atomic mass is 9.97. The highest BCUT2D eigenvalue weighted by molar-refractivity contribution is 7.89. The Morgan fingerprint density at radius 1 is 1.16 bits per heavy atom. The zero-order valence-corrected chi connectivity index (χ0v) is 18.7. The summed E-state index contributed by atoms with van der Waals surface area (Å²) in [4.78, 5) is 23.9. The molecule has 0 bridgehead atoms. The molecule has 0 N–H and O–H groups in total. The van der Waals surface area contributed by atoms with Gasteiger partial charge in [0.25, 0.3) is 0 Å². The molecule has 4 rings (SSSR count). The topological polar surface area (TPSA) is 83.5 Å². The maximum absolute atomic E-state index is 13.3. The minimum Gasteiger partial charge on any atom is -0.292 e. The average molecular weight is 447 g/mol. The van der Waals surface area contributed by atoms with Crippen molar-refractivity contribution in [3.63, 3.8) is 0 Å². The molecule has 9 heteroatoms. The van der Waals surface area contributed by atoms with Gasteiger partial charge in [0.2, 0.25) is 15.9 Å². The molecule has 0 saturated carbocycles. The van der Waals surface area contributed by atoms with E-state index in [2.05, 4.69) is 0 Å². The molecule has 1 unspecified atom stereocenters. The average Bonchev–Trinajstić information content (AvgIpc) is 2.77. The second-order valence-corrected chi connectivity index (χ2v) is 10.4. The summed E-state index contributed by atoms with van der Waals surface area (Å²) in [5.41, 5.74) is 2.59. The monoisotopic (exact) mass is 446 g/mol. The largest absolute Gasteiger partial charge is 0.292 e. The van der Waals surface area contributed by atoms with Crippen molar-refractivity contribution in [2.24, 2.45) is 0 Å². The van der Waals surface area contributed by atoms with Crippen LogP contribution in [0.2, 0.25) is 0 Å². The number of amides is 1. The Bertz CT molecular complexity index is 1090. The van der Waals surface area contributed by atoms with E-state index in [1.165, 1.54) is 16.4 Å². The summed E-state index contributed by atoms with van der Waals surface area (Å²) < 4.78 is 39.5. The van der Waals surface area contributed by atoms with E-state index < -0.39 is 10.0 Å². The van der Waals surface area contributed by atoms with Gasteiger partial charge in [-0.3, -0.25) is 9.69 Å². The van der Waals surface area contributed by atoms with Crippen LogP contribution in [0.3, 0.4) is 0 Å². The lowest BCUT2D eigenvalue weighted by Gasteiger charge is -2.33. The third kappa shape index (κ3) is 4.48. The number of halogens is 1. The van der Waals surface area contributed by atoms with Crippen molar-refractivity contribution in [2.75, 3.05) is 23.7 Å². The number of piperidine rings is 1. The summed E-state index contributed by atoms with van der Waals surface area (Å²) in [5.74, 6) is 0.801. The summed E-state index contributed by atoms with van der Waals surface area (Å²) >= 11 is 0. The normalized spacial score (nSPS) is 20.0. The molecule has 1 atom stereocenters. The van der Waals surface area contributed by atoms with Crippen LogP contribution in [0.1, 0.15) is 54.7 Å². The molecule has 1 fully saturated rings. The number of rotatable bonds is 5. The highest BCUT2D eigenvalue weighted by atomic mass is 32.2. The Hall–Kier alpha value is -2.39. The highest BCUT2D eigenvalue weighted by Gasteiger charge is 2.33. The number of benzene rings is 1. The van der Waals surface area contributed by atoms with E-state index >= 15 is 0 Å². The maximum Gasteiger partial charge on any atom is 0.228 e. The Labute approximate surface area is 182 Å². The second kappa shape index (κ2) is 8.63. The minimum atomic E-state index is -3.27. The number of carbonyl (C=O) groups is 1. The number of hydrogen-bond donors (Lipinski definition) is 0. The third-order valence-corrected chi connectivity index (χ3v) is 7.96. The van der Waals surface area contributed by atoms with Crippen molar-refractivity contribution in [1.82, 2.24) is 14.3 Å². The van der Waals surface area contributed by atoms with Gasteiger partial charge < -0.3 is 0 Å². The van der Waals surface area contributed by atoms with Crippen LogP contribution in [-0.4, -0.2) is 47.4 Å². The standard InChI is InChI=1S/C22H27FN4O3S/c1-3-31(29,30)26-12-4-5-17(14-26)21-24-15(2)19-10-11-20(28)27(22(19)25-21)13-16-6-8-18(23)9-7-16/h6-9,17H,3-5,10-14H2,1-2H3. The maximum atomic E-state index is 13.3. The van der Waals surface area contributed by atoms with Crippen molar-refractivity contribution in [3.8, 4) is 0 Å². The van der Waals surface area contributed by atoms with Crippen LogP contribution in [0.5, 0.6) is 0 Å². The van der Waals surface area contributed by atoms with Gasteiger partial charge in [-0.25, -0.2) is 27.1 Å². The van der Waals surface area contributed by atoms with Crippen LogP contribution in [0, 0.1) is 12.7 Å². The van der Waals surface area contributed by atoms with Crippen molar-refractivity contribution in [1.29, 1.82) is 0 Å². The fourth-order valence-electron chi connectivity index (χ4n) is 4.31. The number of sulfonamides is 1. The van der Waals surface area contributed by atoms with E-state index in [-0.39, 0.29) is 23.4 Å². The summed E-state index contributed by atoms with van der Waals surface area (Å²) in [6.07, 6.45) is 2.52. The summed E-state index contributed by atoms with van der Waals surface area (Å²) in [7, 11) is -3.27. The summed E-state index contributed by atoms with van der Waals surface area (Å²) in [5, 5.41) is 0. The van der Waals surface area contributed by atoms with Crippen molar-refractivity contribution >= 4 is 21.7 Å². The molecule has 1 aromatic carbocycles. The first-order valence-corrected chi connectivity index (χ1v) is 12.3. The molecule has 7 nitrogen and oxygen atoms in total. The predicted molar refractivity (Wildman–Crippen MR) is 116 cm³/mol. The van der Waals surface area contributed by atoms with E-state index in [4.69, 9.17) is 9.97 Å². The van der Waals surface area contributed by atoms with Crippen LogP contribution >= 0.6 is 0 Å². The molecule has 166 valence electrons. The number of fused-ring (bicyclic) bond motifs is 1. The van der Waals surface area contributed by atoms with Gasteiger partial charge >= 0.3 is 0 Å². The Morgan fingerprint density at radius 2 is 1.90 bits per heavy atom. The van der Waals surface area contributed by atoms with Gasteiger partial charge in [0.15, 0.2) is 0 Å². The fourth-order valence-corrected chi connectivity index (χ4v) is 5.49. The molecule has 0 aliphatic carbocycles. The zero-order valence-electron chi connectivity index (χ0n) is 17.8. The number of nitrogens with zero attached hydrogens (tertiary/aromatic N) is 4. The van der Waals surface area contributed by atoms with E-state index in [1.54, 1.807) is 24.0 Å². The first-order chi connectivity index (χ1) is 14.8. The number of aryl methyl sites for hydroxylation is 1. The molecule has 1 aromatic heterocycles. The molecule has 0 radical (unpaired) electrons. The van der Waals surface area contributed by atoms with E-state index in [0.29, 0.717) is 44.1 Å². The molecule has 2 aliphatic heterocycles. The fraction of sp³-hybridized carbons (Fsp3) is 0.500. The van der Waals surface area contributed by atoms with Gasteiger partial charge in [0.1, 0.15) is 17.5 Å². The first-order valence-electron chi connectivity index (χ1n) is 10.7. The van der Waals surface area contributed by atoms with Gasteiger partial charge in [0, 0.05) is 36.7 Å². The molecule has 2 aliphatic rings. The SMILES string of the molecule is CCS(=O)(=O)N1CCCC(c2nc(C)c3c(n2)N(Cc2ccc(F)cc2)C(=O)CC3)C1. The zero-order chi connectivity index (χ0) is 22.2. The quantitative estimate of drug-likeness (QED) is 0.705. The Balaban J connectivity index is 1.67. The Morgan fingerprint density at radius 3 is 2.61 bits per heavy atom. The molecule has 3 heterocycles. The van der Waals surface area contributed by atoms with Crippen LogP contribution in [0.25, 0.3) is 0 Å². The molecule has 2 aromatic rings. The highest BCUT2D eigenvalue weighted by Crippen LogP contribution is 2.33. The van der Waals surface area contributed by atoms with E-state index in [9.17, 15) is 17.6 Å². The second-order valence-electron chi connectivity index (χ2n) is 8.17. The first kappa shape index (κ1) is 21.8. The van der Waals surface area contributed by atoms with Crippen LogP contribution < -0.4 is 4.90 Å². The van der Waals surface area contributed by atoms with Gasteiger partial charge in [-0.05, 0) is 50.8 Å². The predicted octanol–water partition coefficient (Wildman–Crippen LogP) is 2.93. The lowest BCUT2D eigenvalue weighted by molar-refractivity contribution is -0.119. The molecular formula is C22H27FN4O3S. The van der Waals surface area contributed by atoms with Crippen LogP contribution in [0.15, 0.2) is 24.3 Å². The van der Waals surface area contributed by atoms with Crippen LogP contribution in [0.4, 0.5) is 10.2 Å². The number of aromatic nitrogens is 2. The Kier molecular flexibility index (Phi) is 6.07. The van der Waals surface area contributed by atoms with Crippen molar-refractivity contribution in [2.45, 2.75) is 52.0 Å². The van der Waals surface area contributed by atoms with Crippen molar-refractivity contribution < 1.29 is 17.6 Å². The van der Waals surface area contributed by atoms with Crippen molar-refractivity contribution in [3.05, 3.63) is 52.7 Å². The van der Waals surface area contributed by atoms with E-state index in [1.807, 2.05) is 6.92 Å². The summed E-state index contributed by atoms with van der Waals surface area (Å²) in [6, 6.07) is 6.10. The van der Waals surface area contributed by atoms with Gasteiger partial charge in [0.05, 0.1) is 12.3 Å². The molecule has 31 heavy (non-hydrogen) atoms. The molecule has 0 spiro atoms. The minimum absolute atomic E-state index is 0.0280. The third-order valence-electron chi connectivity index (χ3n) is 6.12. The summed E-state index contributed by atoms with van der Waals surface area (Å²) in [6.45, 7) is 4.76. The van der Waals surface area contributed by atoms with E-state index in [0.717, 1.165) is 29.7 Å². The van der Waals surface area contributed by atoms with Gasteiger partial charge in [-0.15, -0.1) is 0 Å². The number of carbonyl (C=O) groups excluding carboxylic acids is 1. The molecule has 1 amide bonds. The van der Waals surface area contributed by atoms with Gasteiger partial charge in [-0.1, -0.05) is 12.1 Å².